The molecule has 0 fully saturated rings. The van der Waals surface area contributed by atoms with Crippen molar-refractivity contribution in [1.82, 2.24) is 0 Å². The largest absolute Gasteiger partial charge is 0.484 e. The van der Waals surface area contributed by atoms with Crippen molar-refractivity contribution in [2.45, 2.75) is 11.1 Å². The molecule has 0 unspecified atom stereocenters. The second kappa shape index (κ2) is 10.7. The smallest absolute Gasteiger partial charge is 0.418 e. The molecule has 0 saturated heterocycles. The van der Waals surface area contributed by atoms with Gasteiger partial charge in [0.05, 0.1) is 17.0 Å². The van der Waals surface area contributed by atoms with Gasteiger partial charge in [-0.05, 0) is 42.5 Å². The Hall–Kier alpha value is -3.46. The van der Waals surface area contributed by atoms with Gasteiger partial charge in [-0.15, -0.1) is 11.8 Å². The molecule has 2 amide bonds. The van der Waals surface area contributed by atoms with Gasteiger partial charge < -0.3 is 15.4 Å². The average Bonchev–Trinajstić information content (AvgIpc) is 2.77. The number of anilines is 2. The number of carbonyl (C=O) groups excluding carboxylic acids is 2. The molecule has 0 atom stereocenters. The van der Waals surface area contributed by atoms with Crippen LogP contribution in [-0.4, -0.2) is 24.2 Å². The van der Waals surface area contributed by atoms with E-state index < -0.39 is 17.6 Å². The van der Waals surface area contributed by atoms with Crippen molar-refractivity contribution < 1.29 is 27.5 Å². The van der Waals surface area contributed by atoms with Crippen molar-refractivity contribution in [3.63, 3.8) is 0 Å². The Balaban J connectivity index is 1.52. The summed E-state index contributed by atoms with van der Waals surface area (Å²) in [7, 11) is 0. The minimum atomic E-state index is -4.56. The molecule has 0 spiro atoms. The molecule has 9 heteroatoms. The van der Waals surface area contributed by atoms with E-state index in [0.29, 0.717) is 16.3 Å². The fourth-order valence-corrected chi connectivity index (χ4v) is 3.46. The van der Waals surface area contributed by atoms with E-state index in [9.17, 15) is 22.8 Å². The summed E-state index contributed by atoms with van der Waals surface area (Å²) in [4.78, 5) is 24.9. The normalized spacial score (nSPS) is 11.0. The van der Waals surface area contributed by atoms with E-state index in [1.165, 1.54) is 18.2 Å². The summed E-state index contributed by atoms with van der Waals surface area (Å²) in [5.41, 5.74) is -0.676. The first-order chi connectivity index (χ1) is 15.3. The molecule has 3 aromatic rings. The fraction of sp³-hybridized carbons (Fsp3) is 0.130. The van der Waals surface area contributed by atoms with Crippen LogP contribution in [0.3, 0.4) is 0 Å². The van der Waals surface area contributed by atoms with Crippen molar-refractivity contribution in [2.24, 2.45) is 0 Å². The number of alkyl halides is 3. The molecule has 2 N–H and O–H groups in total. The van der Waals surface area contributed by atoms with E-state index >= 15 is 0 Å². The molecule has 0 bridgehead atoms. The van der Waals surface area contributed by atoms with Crippen LogP contribution >= 0.6 is 11.8 Å². The third-order valence-corrected chi connectivity index (χ3v) is 5.10. The molecular weight excluding hydrogens is 441 g/mol. The number of halogens is 3. The maximum absolute atomic E-state index is 13.0. The van der Waals surface area contributed by atoms with Gasteiger partial charge in [-0.25, -0.2) is 0 Å². The second-order valence-corrected chi connectivity index (χ2v) is 7.61. The number of rotatable bonds is 8. The van der Waals surface area contributed by atoms with Gasteiger partial charge in [0, 0.05) is 10.6 Å². The minimum absolute atomic E-state index is 0.0965. The van der Waals surface area contributed by atoms with E-state index in [2.05, 4.69) is 10.6 Å². The first kappa shape index (κ1) is 23.2. The number of hydrogen-bond donors (Lipinski definition) is 2. The summed E-state index contributed by atoms with van der Waals surface area (Å²) in [5.74, 6) is -0.444. The number of ether oxygens (including phenoxy) is 1. The van der Waals surface area contributed by atoms with Gasteiger partial charge in [0.1, 0.15) is 5.75 Å². The first-order valence-corrected chi connectivity index (χ1v) is 10.5. The van der Waals surface area contributed by atoms with E-state index in [-0.39, 0.29) is 24.0 Å². The summed E-state index contributed by atoms with van der Waals surface area (Å²) in [6.45, 7) is -0.164. The standard InChI is InChI=1S/C23H19F3N2O3S/c24-23(25,26)19-11-4-5-12-20(19)28-22(30)15-32-18-10-6-7-16(13-18)27-21(29)14-31-17-8-2-1-3-9-17/h1-13H,14-15H2,(H,27,29)(H,28,30). The summed E-state index contributed by atoms with van der Waals surface area (Å²) >= 11 is 1.14. The fourth-order valence-electron chi connectivity index (χ4n) is 2.70. The molecule has 0 aliphatic carbocycles. The zero-order valence-electron chi connectivity index (χ0n) is 16.7. The van der Waals surface area contributed by atoms with E-state index in [0.717, 1.165) is 17.8 Å². The molecule has 3 rings (SSSR count). The zero-order chi connectivity index (χ0) is 23.0. The predicted octanol–water partition coefficient (Wildman–Crippen LogP) is 5.45. The van der Waals surface area contributed by atoms with Crippen LogP contribution < -0.4 is 15.4 Å². The Labute approximate surface area is 187 Å². The third-order valence-electron chi connectivity index (χ3n) is 4.11. The lowest BCUT2D eigenvalue weighted by Gasteiger charge is -2.13. The number of thioether (sulfide) groups is 1. The van der Waals surface area contributed by atoms with Gasteiger partial charge in [0.2, 0.25) is 5.91 Å². The molecule has 3 aromatic carbocycles. The highest BCUT2D eigenvalue weighted by molar-refractivity contribution is 8.00. The van der Waals surface area contributed by atoms with Crippen molar-refractivity contribution in [2.75, 3.05) is 23.0 Å². The molecule has 0 aromatic heterocycles. The lowest BCUT2D eigenvalue weighted by Crippen LogP contribution is -2.20. The highest BCUT2D eigenvalue weighted by Crippen LogP contribution is 2.34. The Morgan fingerprint density at radius 3 is 2.31 bits per heavy atom. The van der Waals surface area contributed by atoms with Crippen LogP contribution in [0.4, 0.5) is 24.5 Å². The molecule has 0 heterocycles. The minimum Gasteiger partial charge on any atom is -0.484 e. The van der Waals surface area contributed by atoms with Crippen LogP contribution in [-0.2, 0) is 15.8 Å². The van der Waals surface area contributed by atoms with Gasteiger partial charge in [-0.1, -0.05) is 36.4 Å². The molecule has 32 heavy (non-hydrogen) atoms. The Bertz CT molecular complexity index is 1080. The van der Waals surface area contributed by atoms with Gasteiger partial charge >= 0.3 is 6.18 Å². The van der Waals surface area contributed by atoms with Crippen LogP contribution in [0.2, 0.25) is 0 Å². The van der Waals surface area contributed by atoms with Crippen molar-refractivity contribution in [3.8, 4) is 5.75 Å². The third kappa shape index (κ3) is 7.05. The summed E-state index contributed by atoms with van der Waals surface area (Å²) < 4.78 is 44.5. The molecule has 5 nitrogen and oxygen atoms in total. The molecule has 0 aliphatic heterocycles. The lowest BCUT2D eigenvalue weighted by atomic mass is 10.1. The van der Waals surface area contributed by atoms with Gasteiger partial charge in [-0.3, -0.25) is 9.59 Å². The van der Waals surface area contributed by atoms with Gasteiger partial charge in [0.25, 0.3) is 5.91 Å². The SMILES string of the molecule is O=C(COc1ccccc1)Nc1cccc(SCC(=O)Nc2ccccc2C(F)(F)F)c1. The monoisotopic (exact) mass is 460 g/mol. The Kier molecular flexibility index (Phi) is 7.77. The Morgan fingerprint density at radius 1 is 0.844 bits per heavy atom. The highest BCUT2D eigenvalue weighted by Gasteiger charge is 2.33. The number of hydrogen-bond acceptors (Lipinski definition) is 4. The van der Waals surface area contributed by atoms with Crippen LogP contribution in [0.25, 0.3) is 0 Å². The number of carbonyl (C=O) groups is 2. The number of benzene rings is 3. The van der Waals surface area contributed by atoms with Crippen molar-refractivity contribution in [3.05, 3.63) is 84.4 Å². The summed E-state index contributed by atoms with van der Waals surface area (Å²) in [5, 5.41) is 5.00. The molecular formula is C23H19F3N2O3S. The van der Waals surface area contributed by atoms with Crippen LogP contribution in [0.15, 0.2) is 83.8 Å². The van der Waals surface area contributed by atoms with Crippen molar-refractivity contribution >= 4 is 35.0 Å². The maximum Gasteiger partial charge on any atom is 0.418 e. The van der Waals surface area contributed by atoms with E-state index in [1.807, 2.05) is 6.07 Å². The number of amides is 2. The van der Waals surface area contributed by atoms with E-state index in [4.69, 9.17) is 4.74 Å². The lowest BCUT2D eigenvalue weighted by molar-refractivity contribution is -0.137. The van der Waals surface area contributed by atoms with Gasteiger partial charge in [-0.2, -0.15) is 13.2 Å². The van der Waals surface area contributed by atoms with Crippen molar-refractivity contribution in [1.29, 1.82) is 0 Å². The topological polar surface area (TPSA) is 67.4 Å². The molecule has 166 valence electrons. The second-order valence-electron chi connectivity index (χ2n) is 6.56. The number of para-hydroxylation sites is 2. The number of nitrogens with one attached hydrogen (secondary N) is 2. The van der Waals surface area contributed by atoms with Crippen LogP contribution in [0.5, 0.6) is 5.75 Å². The first-order valence-electron chi connectivity index (χ1n) is 9.48. The zero-order valence-corrected chi connectivity index (χ0v) is 17.5. The van der Waals surface area contributed by atoms with Gasteiger partial charge in [0.15, 0.2) is 6.61 Å². The molecule has 0 radical (unpaired) electrons. The summed E-state index contributed by atoms with van der Waals surface area (Å²) in [6.07, 6.45) is -4.56. The average molecular weight is 460 g/mol. The maximum atomic E-state index is 13.0. The quantitative estimate of drug-likeness (QED) is 0.439. The Morgan fingerprint density at radius 2 is 1.56 bits per heavy atom. The molecule has 0 aliphatic rings. The van der Waals surface area contributed by atoms with E-state index in [1.54, 1.807) is 48.5 Å². The van der Waals surface area contributed by atoms with Crippen LogP contribution in [0.1, 0.15) is 5.56 Å². The molecule has 0 saturated carbocycles. The summed E-state index contributed by atoms with van der Waals surface area (Å²) in [6, 6.07) is 20.5. The highest BCUT2D eigenvalue weighted by atomic mass is 32.2. The predicted molar refractivity (Wildman–Crippen MR) is 118 cm³/mol. The van der Waals surface area contributed by atoms with Crippen LogP contribution in [0, 0.1) is 0 Å².